The second-order valence-corrected chi connectivity index (χ2v) is 2.80. The first kappa shape index (κ1) is 8.95. The maximum atomic E-state index is 10.6. The molecule has 1 amide bonds. The molecule has 1 atom stereocenters. The second-order valence-electron chi connectivity index (χ2n) is 2.12. The van der Waals surface area contributed by atoms with Crippen molar-refractivity contribution in [3.8, 4) is 0 Å². The molecule has 0 aliphatic carbocycles. The van der Waals surface area contributed by atoms with Gasteiger partial charge in [0.05, 0.1) is 0 Å². The van der Waals surface area contributed by atoms with Crippen molar-refractivity contribution in [1.29, 1.82) is 0 Å². The summed E-state index contributed by atoms with van der Waals surface area (Å²) in [5, 5.41) is 0. The lowest BCUT2D eigenvalue weighted by Gasteiger charge is -2.20. The van der Waals surface area contributed by atoms with Gasteiger partial charge in [-0.1, -0.05) is 6.92 Å². The lowest BCUT2D eigenvalue weighted by molar-refractivity contribution is 0.219. The van der Waals surface area contributed by atoms with Crippen LogP contribution in [-0.4, -0.2) is 22.8 Å². The highest BCUT2D eigenvalue weighted by atomic mass is 79.9. The molecule has 0 heterocycles. The van der Waals surface area contributed by atoms with E-state index < -0.39 is 0 Å². The minimum Gasteiger partial charge on any atom is -0.334 e. The van der Waals surface area contributed by atoms with Crippen molar-refractivity contribution in [3.05, 3.63) is 0 Å². The van der Waals surface area contributed by atoms with E-state index in [2.05, 4.69) is 22.9 Å². The molecule has 0 fully saturated rings. The van der Waals surface area contributed by atoms with E-state index in [0.29, 0.717) is 6.04 Å². The summed E-state index contributed by atoms with van der Waals surface area (Å²) in [6.45, 7) is 4.07. The number of nitrogens with zero attached hydrogens (tertiary/aromatic N) is 1. The largest absolute Gasteiger partial charge is 0.334 e. The van der Waals surface area contributed by atoms with E-state index in [1.165, 1.54) is 0 Å². The molecule has 2 nitrogen and oxygen atoms in total. The van der Waals surface area contributed by atoms with E-state index >= 15 is 0 Å². The Labute approximate surface area is 64.4 Å². The number of carbonyl (C=O) groups is 1. The zero-order valence-corrected chi connectivity index (χ0v) is 7.60. The molecule has 0 aromatic rings. The molecule has 0 saturated heterocycles. The van der Waals surface area contributed by atoms with E-state index in [-0.39, 0.29) is 4.82 Å². The average molecular weight is 194 g/mol. The highest BCUT2D eigenvalue weighted by Crippen LogP contribution is 2.04. The monoisotopic (exact) mass is 193 g/mol. The van der Waals surface area contributed by atoms with Gasteiger partial charge in [-0.3, -0.25) is 4.79 Å². The van der Waals surface area contributed by atoms with Crippen molar-refractivity contribution in [2.75, 3.05) is 7.05 Å². The van der Waals surface area contributed by atoms with Crippen LogP contribution in [0.1, 0.15) is 20.3 Å². The number of halogens is 1. The molecule has 3 heteroatoms. The van der Waals surface area contributed by atoms with Gasteiger partial charge in [-0.05, 0) is 13.3 Å². The first-order valence-electron chi connectivity index (χ1n) is 3.01. The molecule has 1 unspecified atom stereocenters. The fourth-order valence-corrected chi connectivity index (χ4v) is 0.797. The molecular formula is C6H12BrNO. The summed E-state index contributed by atoms with van der Waals surface area (Å²) >= 11 is 2.87. The summed E-state index contributed by atoms with van der Waals surface area (Å²) in [5.74, 6) is 0. The predicted molar refractivity (Wildman–Crippen MR) is 41.8 cm³/mol. The molecule has 0 N–H and O–H groups in total. The highest BCUT2D eigenvalue weighted by Gasteiger charge is 2.09. The van der Waals surface area contributed by atoms with E-state index in [0.717, 1.165) is 6.42 Å². The van der Waals surface area contributed by atoms with Crippen LogP contribution in [0.5, 0.6) is 0 Å². The molecule has 9 heavy (non-hydrogen) atoms. The van der Waals surface area contributed by atoms with Gasteiger partial charge >= 0.3 is 0 Å². The van der Waals surface area contributed by atoms with Crippen molar-refractivity contribution in [3.63, 3.8) is 0 Å². The first-order chi connectivity index (χ1) is 4.09. The lowest BCUT2D eigenvalue weighted by atomic mass is 10.2. The van der Waals surface area contributed by atoms with Gasteiger partial charge in [0, 0.05) is 29.0 Å². The molecule has 0 aliphatic rings. The molecule has 0 aromatic carbocycles. The van der Waals surface area contributed by atoms with Crippen molar-refractivity contribution < 1.29 is 4.79 Å². The standard InChI is InChI=1S/C6H12BrNO/c1-4-5(2)8(3)6(7)9/h5H,4H2,1-3H3. The fourth-order valence-electron chi connectivity index (χ4n) is 0.447. The van der Waals surface area contributed by atoms with Gasteiger partial charge in [-0.2, -0.15) is 0 Å². The number of hydrogen-bond acceptors (Lipinski definition) is 1. The topological polar surface area (TPSA) is 20.3 Å². The van der Waals surface area contributed by atoms with Crippen LogP contribution in [0.15, 0.2) is 0 Å². The van der Waals surface area contributed by atoms with Crippen molar-refractivity contribution in [2.45, 2.75) is 26.3 Å². The molecule has 0 rings (SSSR count). The van der Waals surface area contributed by atoms with Crippen LogP contribution in [-0.2, 0) is 0 Å². The first-order valence-corrected chi connectivity index (χ1v) is 3.81. The SMILES string of the molecule is CCC(C)N(C)C(=O)Br. The van der Waals surface area contributed by atoms with Crippen molar-refractivity contribution in [1.82, 2.24) is 4.90 Å². The Hall–Kier alpha value is -0.0500. The second kappa shape index (κ2) is 3.88. The Morgan fingerprint density at radius 3 is 2.33 bits per heavy atom. The average Bonchev–Trinajstić information content (AvgIpc) is 1.84. The molecule has 0 aliphatic heterocycles. The van der Waals surface area contributed by atoms with Gasteiger partial charge in [0.25, 0.3) is 4.82 Å². The summed E-state index contributed by atoms with van der Waals surface area (Å²) in [7, 11) is 1.78. The van der Waals surface area contributed by atoms with Crippen molar-refractivity contribution in [2.24, 2.45) is 0 Å². The van der Waals surface area contributed by atoms with Gasteiger partial charge in [-0.25, -0.2) is 0 Å². The van der Waals surface area contributed by atoms with Crippen LogP contribution in [0.4, 0.5) is 4.79 Å². The Morgan fingerprint density at radius 2 is 2.22 bits per heavy atom. The molecule has 0 aromatic heterocycles. The molecule has 0 spiro atoms. The molecule has 54 valence electrons. The Morgan fingerprint density at radius 1 is 1.78 bits per heavy atom. The van der Waals surface area contributed by atoms with E-state index in [1.807, 2.05) is 6.92 Å². The lowest BCUT2D eigenvalue weighted by Crippen LogP contribution is -2.29. The van der Waals surface area contributed by atoms with Crippen LogP contribution in [0.2, 0.25) is 0 Å². The molecule has 0 saturated carbocycles. The van der Waals surface area contributed by atoms with Crippen LogP contribution in [0.25, 0.3) is 0 Å². The smallest absolute Gasteiger partial charge is 0.289 e. The maximum absolute atomic E-state index is 10.6. The third-order valence-corrected chi connectivity index (χ3v) is 2.09. The Balaban J connectivity index is 3.72. The normalized spacial score (nSPS) is 12.9. The zero-order valence-electron chi connectivity index (χ0n) is 6.02. The summed E-state index contributed by atoms with van der Waals surface area (Å²) in [6, 6.07) is 0.330. The van der Waals surface area contributed by atoms with E-state index in [1.54, 1.807) is 11.9 Å². The van der Waals surface area contributed by atoms with Gasteiger partial charge in [0.1, 0.15) is 0 Å². The highest BCUT2D eigenvalue weighted by molar-refractivity contribution is 9.18. The fraction of sp³-hybridized carbons (Fsp3) is 0.833. The summed E-state index contributed by atoms with van der Waals surface area (Å²) < 4.78 is 0. The van der Waals surface area contributed by atoms with E-state index in [9.17, 15) is 4.79 Å². The quantitative estimate of drug-likeness (QED) is 0.487. The third-order valence-electron chi connectivity index (χ3n) is 1.53. The van der Waals surface area contributed by atoms with E-state index in [4.69, 9.17) is 0 Å². The molecule has 0 bridgehead atoms. The number of amides is 1. The minimum atomic E-state index is -0.0446. The third kappa shape index (κ3) is 2.84. The number of rotatable bonds is 2. The van der Waals surface area contributed by atoms with Crippen molar-refractivity contribution >= 4 is 20.7 Å². The van der Waals surface area contributed by atoms with Crippen LogP contribution in [0, 0.1) is 0 Å². The zero-order chi connectivity index (χ0) is 7.44. The van der Waals surface area contributed by atoms with Crippen LogP contribution < -0.4 is 0 Å². The van der Waals surface area contributed by atoms with Gasteiger partial charge in [-0.15, -0.1) is 0 Å². The van der Waals surface area contributed by atoms with Gasteiger partial charge in [0.2, 0.25) is 0 Å². The summed E-state index contributed by atoms with van der Waals surface area (Å²) in [6.07, 6.45) is 0.994. The number of carbonyl (C=O) groups excluding carboxylic acids is 1. The summed E-state index contributed by atoms with van der Waals surface area (Å²) in [5.41, 5.74) is 0. The molecule has 0 radical (unpaired) electrons. The van der Waals surface area contributed by atoms with Crippen LogP contribution in [0.3, 0.4) is 0 Å². The molecular weight excluding hydrogens is 182 g/mol. The van der Waals surface area contributed by atoms with Gasteiger partial charge in [0.15, 0.2) is 0 Å². The van der Waals surface area contributed by atoms with Gasteiger partial charge < -0.3 is 4.90 Å². The Bertz CT molecular complexity index is 105. The maximum Gasteiger partial charge on any atom is 0.289 e. The Kier molecular flexibility index (Phi) is 3.86. The van der Waals surface area contributed by atoms with Crippen LogP contribution >= 0.6 is 15.9 Å². The summed E-state index contributed by atoms with van der Waals surface area (Å²) in [4.78, 5) is 12.2. The predicted octanol–water partition coefficient (Wildman–Crippen LogP) is 2.23. The number of hydrogen-bond donors (Lipinski definition) is 0. The minimum absolute atomic E-state index is 0.0446.